The third-order valence-corrected chi connectivity index (χ3v) is 3.60. The monoisotopic (exact) mass is 228 g/mol. The average Bonchev–Trinajstić information content (AvgIpc) is 2.15. The largest absolute Gasteiger partial charge is 0.327 e. The highest BCUT2D eigenvalue weighted by Crippen LogP contribution is 2.19. The number of nitrogens with two attached hydrogens (primary N) is 1. The maximum atomic E-state index is 6.01. The van der Waals surface area contributed by atoms with Crippen LogP contribution in [0.25, 0.3) is 0 Å². The van der Waals surface area contributed by atoms with Gasteiger partial charge in [0.15, 0.2) is 0 Å². The molecule has 0 aliphatic carbocycles. The number of hydrogen-bond donors (Lipinski definition) is 2. The van der Waals surface area contributed by atoms with Crippen LogP contribution in [0, 0.1) is 23.7 Å². The third-order valence-electron chi connectivity index (χ3n) is 3.60. The first-order valence-electron chi connectivity index (χ1n) is 6.82. The Morgan fingerprint density at radius 2 is 1.38 bits per heavy atom. The van der Waals surface area contributed by atoms with E-state index in [9.17, 15) is 0 Å². The summed E-state index contributed by atoms with van der Waals surface area (Å²) in [4.78, 5) is 0. The molecule has 0 aliphatic rings. The van der Waals surface area contributed by atoms with E-state index in [1.54, 1.807) is 0 Å². The average molecular weight is 228 g/mol. The molecule has 2 heteroatoms. The zero-order valence-electron chi connectivity index (χ0n) is 12.1. The number of nitrogens with one attached hydrogen (secondary N) is 1. The highest BCUT2D eigenvalue weighted by Gasteiger charge is 2.16. The van der Waals surface area contributed by atoms with Crippen molar-refractivity contribution in [2.45, 2.75) is 54.0 Å². The van der Waals surface area contributed by atoms with Gasteiger partial charge in [-0.05, 0) is 43.2 Å². The fraction of sp³-hybridized carbons (Fsp3) is 1.00. The fourth-order valence-corrected chi connectivity index (χ4v) is 2.11. The van der Waals surface area contributed by atoms with E-state index in [-0.39, 0.29) is 0 Å². The van der Waals surface area contributed by atoms with Crippen molar-refractivity contribution in [1.82, 2.24) is 5.32 Å². The SMILES string of the molecule is CC(C)C(N)CCNCC(C(C)C)C(C)C. The Morgan fingerprint density at radius 1 is 0.875 bits per heavy atom. The molecule has 0 aromatic rings. The lowest BCUT2D eigenvalue weighted by Gasteiger charge is -2.25. The number of rotatable bonds is 8. The van der Waals surface area contributed by atoms with Crippen LogP contribution in [0.4, 0.5) is 0 Å². The van der Waals surface area contributed by atoms with Crippen molar-refractivity contribution in [2.75, 3.05) is 13.1 Å². The molecule has 16 heavy (non-hydrogen) atoms. The summed E-state index contributed by atoms with van der Waals surface area (Å²) >= 11 is 0. The van der Waals surface area contributed by atoms with Gasteiger partial charge in [0.1, 0.15) is 0 Å². The maximum absolute atomic E-state index is 6.01. The van der Waals surface area contributed by atoms with Gasteiger partial charge in [0.05, 0.1) is 0 Å². The molecule has 0 spiro atoms. The van der Waals surface area contributed by atoms with Crippen LogP contribution in [-0.2, 0) is 0 Å². The standard InChI is InChI=1S/C14H32N2/c1-10(2)13(11(3)4)9-16-8-7-14(15)12(5)6/h10-14,16H,7-9,15H2,1-6H3. The molecule has 0 saturated carbocycles. The molecule has 1 atom stereocenters. The molecule has 0 heterocycles. The lowest BCUT2D eigenvalue weighted by molar-refractivity contribution is 0.274. The van der Waals surface area contributed by atoms with Gasteiger partial charge in [-0.1, -0.05) is 41.5 Å². The predicted octanol–water partition coefficient (Wildman–Crippen LogP) is 2.88. The van der Waals surface area contributed by atoms with Gasteiger partial charge >= 0.3 is 0 Å². The first-order chi connectivity index (χ1) is 7.36. The van der Waals surface area contributed by atoms with Crippen LogP contribution in [0.15, 0.2) is 0 Å². The van der Waals surface area contributed by atoms with E-state index in [0.29, 0.717) is 12.0 Å². The van der Waals surface area contributed by atoms with Crippen LogP contribution in [0.1, 0.15) is 48.0 Å². The van der Waals surface area contributed by atoms with E-state index in [0.717, 1.165) is 37.3 Å². The molecule has 0 saturated heterocycles. The fourth-order valence-electron chi connectivity index (χ4n) is 2.11. The second-order valence-corrected chi connectivity index (χ2v) is 6.05. The minimum atomic E-state index is 0.337. The third kappa shape index (κ3) is 6.49. The summed E-state index contributed by atoms with van der Waals surface area (Å²) in [5, 5.41) is 3.55. The smallest absolute Gasteiger partial charge is 0.00739 e. The van der Waals surface area contributed by atoms with E-state index in [1.807, 2.05) is 0 Å². The summed E-state index contributed by atoms with van der Waals surface area (Å²) in [5.41, 5.74) is 6.01. The molecule has 3 N–H and O–H groups in total. The minimum absolute atomic E-state index is 0.337. The Labute approximate surface area is 102 Å². The van der Waals surface area contributed by atoms with Crippen molar-refractivity contribution in [3.05, 3.63) is 0 Å². The Bertz CT molecular complexity index is 156. The molecule has 0 fully saturated rings. The van der Waals surface area contributed by atoms with E-state index in [1.165, 1.54) is 0 Å². The van der Waals surface area contributed by atoms with E-state index >= 15 is 0 Å². The normalized spacial score (nSPS) is 14.4. The van der Waals surface area contributed by atoms with E-state index < -0.39 is 0 Å². The highest BCUT2D eigenvalue weighted by molar-refractivity contribution is 4.71. The number of hydrogen-bond acceptors (Lipinski definition) is 2. The Balaban J connectivity index is 3.71. The summed E-state index contributed by atoms with van der Waals surface area (Å²) in [6.45, 7) is 15.8. The van der Waals surface area contributed by atoms with E-state index in [2.05, 4.69) is 46.9 Å². The van der Waals surface area contributed by atoms with Crippen LogP contribution in [-0.4, -0.2) is 19.1 Å². The molecule has 0 bridgehead atoms. The molecule has 0 amide bonds. The molecule has 0 radical (unpaired) electrons. The van der Waals surface area contributed by atoms with Crippen LogP contribution in [0.5, 0.6) is 0 Å². The van der Waals surface area contributed by atoms with Gasteiger partial charge in [0.25, 0.3) is 0 Å². The van der Waals surface area contributed by atoms with Crippen molar-refractivity contribution in [1.29, 1.82) is 0 Å². The molecule has 2 nitrogen and oxygen atoms in total. The molecule has 0 aromatic heterocycles. The Kier molecular flexibility index (Phi) is 8.04. The van der Waals surface area contributed by atoms with Crippen LogP contribution >= 0.6 is 0 Å². The molecule has 0 aliphatic heterocycles. The van der Waals surface area contributed by atoms with Crippen molar-refractivity contribution in [3.8, 4) is 0 Å². The van der Waals surface area contributed by atoms with E-state index in [4.69, 9.17) is 5.73 Å². The maximum Gasteiger partial charge on any atom is 0.00739 e. The molecule has 1 unspecified atom stereocenters. The van der Waals surface area contributed by atoms with Gasteiger partial charge in [-0.2, -0.15) is 0 Å². The Hall–Kier alpha value is -0.0800. The first kappa shape index (κ1) is 15.9. The van der Waals surface area contributed by atoms with Gasteiger partial charge < -0.3 is 11.1 Å². The van der Waals surface area contributed by atoms with Crippen molar-refractivity contribution >= 4 is 0 Å². The quantitative estimate of drug-likeness (QED) is 0.627. The minimum Gasteiger partial charge on any atom is -0.327 e. The topological polar surface area (TPSA) is 38.0 Å². The van der Waals surface area contributed by atoms with Crippen molar-refractivity contribution in [3.63, 3.8) is 0 Å². The van der Waals surface area contributed by atoms with Gasteiger partial charge in [-0.15, -0.1) is 0 Å². The van der Waals surface area contributed by atoms with Gasteiger partial charge in [-0.3, -0.25) is 0 Å². The lowest BCUT2D eigenvalue weighted by atomic mass is 9.85. The second kappa shape index (κ2) is 8.08. The van der Waals surface area contributed by atoms with Crippen molar-refractivity contribution < 1.29 is 0 Å². The second-order valence-electron chi connectivity index (χ2n) is 6.05. The Morgan fingerprint density at radius 3 is 1.75 bits per heavy atom. The van der Waals surface area contributed by atoms with Crippen molar-refractivity contribution in [2.24, 2.45) is 29.4 Å². The van der Waals surface area contributed by atoms with Gasteiger partial charge in [0.2, 0.25) is 0 Å². The molecule has 0 rings (SSSR count). The summed E-state index contributed by atoms with van der Waals surface area (Å²) in [6.07, 6.45) is 1.08. The molecule has 98 valence electrons. The van der Waals surface area contributed by atoms with Crippen LogP contribution < -0.4 is 11.1 Å². The zero-order valence-corrected chi connectivity index (χ0v) is 12.1. The van der Waals surface area contributed by atoms with Gasteiger partial charge in [-0.25, -0.2) is 0 Å². The summed E-state index contributed by atoms with van der Waals surface area (Å²) in [5.74, 6) is 2.88. The lowest BCUT2D eigenvalue weighted by Crippen LogP contribution is -2.34. The first-order valence-corrected chi connectivity index (χ1v) is 6.82. The molecular formula is C14H32N2. The molecule has 0 aromatic carbocycles. The van der Waals surface area contributed by atoms with Crippen LogP contribution in [0.3, 0.4) is 0 Å². The highest BCUT2D eigenvalue weighted by atomic mass is 14.9. The predicted molar refractivity (Wildman–Crippen MR) is 73.5 cm³/mol. The summed E-state index contributed by atoms with van der Waals surface area (Å²) in [7, 11) is 0. The summed E-state index contributed by atoms with van der Waals surface area (Å²) in [6, 6.07) is 0.337. The summed E-state index contributed by atoms with van der Waals surface area (Å²) < 4.78 is 0. The molecular weight excluding hydrogens is 196 g/mol. The van der Waals surface area contributed by atoms with Gasteiger partial charge in [0, 0.05) is 6.04 Å². The van der Waals surface area contributed by atoms with Crippen LogP contribution in [0.2, 0.25) is 0 Å². The zero-order chi connectivity index (χ0) is 12.7.